The van der Waals surface area contributed by atoms with Crippen LogP contribution in [0.15, 0.2) is 28.8 Å². The van der Waals surface area contributed by atoms with E-state index in [-0.39, 0.29) is 17.8 Å². The van der Waals surface area contributed by atoms with Crippen LogP contribution in [-0.2, 0) is 0 Å². The van der Waals surface area contributed by atoms with E-state index in [4.69, 9.17) is 4.52 Å². The first-order chi connectivity index (χ1) is 10.4. The van der Waals surface area contributed by atoms with Crippen LogP contribution in [0, 0.1) is 19.8 Å². The molecule has 5 heteroatoms. The van der Waals surface area contributed by atoms with Gasteiger partial charge in [-0.3, -0.25) is 4.79 Å². The zero-order valence-electron chi connectivity index (χ0n) is 13.8. The van der Waals surface area contributed by atoms with Crippen LogP contribution in [0.1, 0.15) is 54.4 Å². The van der Waals surface area contributed by atoms with Crippen LogP contribution >= 0.6 is 0 Å². The van der Waals surface area contributed by atoms with Gasteiger partial charge in [0.25, 0.3) is 11.7 Å². The lowest BCUT2D eigenvalue weighted by atomic mass is 10.00. The standard InChI is InChI=1S/C17H23N3O2/c1-11(2)10-20(17(21)16-18-14(5)22-19-16)13(4)15-9-7-6-8-12(15)3/h6-9,11,13H,10H2,1-5H3/t13-/m1/s1. The highest BCUT2D eigenvalue weighted by Crippen LogP contribution is 2.25. The number of carbonyl (C=O) groups excluding carboxylic acids is 1. The Labute approximate surface area is 131 Å². The summed E-state index contributed by atoms with van der Waals surface area (Å²) in [5.41, 5.74) is 2.30. The Morgan fingerprint density at radius 1 is 1.23 bits per heavy atom. The van der Waals surface area contributed by atoms with Crippen LogP contribution in [0.25, 0.3) is 0 Å². The summed E-state index contributed by atoms with van der Waals surface area (Å²) in [4.78, 5) is 18.6. The van der Waals surface area contributed by atoms with Crippen LogP contribution in [0.4, 0.5) is 0 Å². The minimum Gasteiger partial charge on any atom is -0.339 e. The van der Waals surface area contributed by atoms with Gasteiger partial charge < -0.3 is 9.42 Å². The molecule has 0 radical (unpaired) electrons. The first kappa shape index (κ1) is 16.2. The lowest BCUT2D eigenvalue weighted by molar-refractivity contribution is 0.0649. The summed E-state index contributed by atoms with van der Waals surface area (Å²) in [6, 6.07) is 8.07. The highest BCUT2D eigenvalue weighted by molar-refractivity contribution is 5.90. The molecule has 0 unspecified atom stereocenters. The normalized spacial score (nSPS) is 12.5. The summed E-state index contributed by atoms with van der Waals surface area (Å²) in [6.45, 7) is 10.6. The maximum Gasteiger partial charge on any atom is 0.295 e. The maximum absolute atomic E-state index is 12.8. The largest absolute Gasteiger partial charge is 0.339 e. The zero-order chi connectivity index (χ0) is 16.3. The Morgan fingerprint density at radius 3 is 2.45 bits per heavy atom. The SMILES string of the molecule is Cc1nc(C(=O)N(CC(C)C)[C@H](C)c2ccccc2C)no1. The molecule has 5 nitrogen and oxygen atoms in total. The number of aromatic nitrogens is 2. The summed E-state index contributed by atoms with van der Waals surface area (Å²) < 4.78 is 4.94. The highest BCUT2D eigenvalue weighted by Gasteiger charge is 2.27. The number of nitrogens with zero attached hydrogens (tertiary/aromatic N) is 3. The van der Waals surface area contributed by atoms with Crippen LogP contribution in [0.3, 0.4) is 0 Å². The zero-order valence-corrected chi connectivity index (χ0v) is 13.8. The van der Waals surface area contributed by atoms with Gasteiger partial charge in [-0.2, -0.15) is 4.98 Å². The first-order valence-electron chi connectivity index (χ1n) is 7.57. The number of hydrogen-bond donors (Lipinski definition) is 0. The third-order valence-corrected chi connectivity index (χ3v) is 3.65. The minimum absolute atomic E-state index is 0.0464. The second kappa shape index (κ2) is 6.73. The second-order valence-corrected chi connectivity index (χ2v) is 6.02. The molecule has 0 aliphatic rings. The van der Waals surface area contributed by atoms with Crippen molar-refractivity contribution in [3.63, 3.8) is 0 Å². The Balaban J connectivity index is 2.33. The lowest BCUT2D eigenvalue weighted by Crippen LogP contribution is -2.37. The third kappa shape index (κ3) is 3.53. The number of amides is 1. The third-order valence-electron chi connectivity index (χ3n) is 3.65. The molecule has 0 bridgehead atoms. The van der Waals surface area contributed by atoms with Gasteiger partial charge in [0.15, 0.2) is 0 Å². The molecule has 1 atom stereocenters. The van der Waals surface area contributed by atoms with Gasteiger partial charge in [0.05, 0.1) is 6.04 Å². The predicted octanol–water partition coefficient (Wildman–Crippen LogP) is 3.55. The molecule has 1 aromatic heterocycles. The van der Waals surface area contributed by atoms with Gasteiger partial charge in [0, 0.05) is 13.5 Å². The molecule has 22 heavy (non-hydrogen) atoms. The molecule has 0 saturated carbocycles. The van der Waals surface area contributed by atoms with E-state index >= 15 is 0 Å². The fourth-order valence-corrected chi connectivity index (χ4v) is 2.55. The molecule has 0 aliphatic heterocycles. The Kier molecular flexibility index (Phi) is 4.96. The number of aryl methyl sites for hydroxylation is 2. The molecule has 0 aliphatic carbocycles. The van der Waals surface area contributed by atoms with E-state index in [9.17, 15) is 4.79 Å². The molecular formula is C17H23N3O2. The van der Waals surface area contributed by atoms with Crippen molar-refractivity contribution >= 4 is 5.91 Å². The van der Waals surface area contributed by atoms with Crippen molar-refractivity contribution in [2.75, 3.05) is 6.54 Å². The average molecular weight is 301 g/mol. The molecule has 118 valence electrons. The molecule has 0 fully saturated rings. The van der Waals surface area contributed by atoms with Crippen molar-refractivity contribution in [2.45, 2.75) is 40.7 Å². The summed E-state index contributed by atoms with van der Waals surface area (Å²) in [5, 5.41) is 3.77. The fraction of sp³-hybridized carbons (Fsp3) is 0.471. The minimum atomic E-state index is -0.193. The van der Waals surface area contributed by atoms with E-state index < -0.39 is 0 Å². The van der Waals surface area contributed by atoms with Crippen LogP contribution in [0.5, 0.6) is 0 Å². The monoisotopic (exact) mass is 301 g/mol. The number of carbonyl (C=O) groups is 1. The van der Waals surface area contributed by atoms with Gasteiger partial charge in [0.2, 0.25) is 5.89 Å². The number of rotatable bonds is 5. The van der Waals surface area contributed by atoms with Crippen molar-refractivity contribution in [3.05, 3.63) is 47.1 Å². The van der Waals surface area contributed by atoms with Crippen LogP contribution in [-0.4, -0.2) is 27.5 Å². The maximum atomic E-state index is 12.8. The molecule has 1 heterocycles. The van der Waals surface area contributed by atoms with Gasteiger partial charge in [-0.05, 0) is 30.9 Å². The molecule has 2 aromatic rings. The Morgan fingerprint density at radius 2 is 1.91 bits per heavy atom. The van der Waals surface area contributed by atoms with Gasteiger partial charge in [-0.15, -0.1) is 0 Å². The van der Waals surface area contributed by atoms with E-state index in [1.54, 1.807) is 6.92 Å². The lowest BCUT2D eigenvalue weighted by Gasteiger charge is -2.31. The first-order valence-corrected chi connectivity index (χ1v) is 7.57. The van der Waals surface area contributed by atoms with Gasteiger partial charge in [-0.25, -0.2) is 0 Å². The molecule has 0 saturated heterocycles. The fourth-order valence-electron chi connectivity index (χ4n) is 2.55. The molecule has 1 amide bonds. The van der Waals surface area contributed by atoms with Crippen LogP contribution in [0.2, 0.25) is 0 Å². The van der Waals surface area contributed by atoms with E-state index in [0.717, 1.165) is 5.56 Å². The summed E-state index contributed by atoms with van der Waals surface area (Å²) in [6.07, 6.45) is 0. The summed E-state index contributed by atoms with van der Waals surface area (Å²) >= 11 is 0. The van der Waals surface area contributed by atoms with Gasteiger partial charge in [-0.1, -0.05) is 43.3 Å². The van der Waals surface area contributed by atoms with Crippen LogP contribution < -0.4 is 0 Å². The van der Waals surface area contributed by atoms with Crippen molar-refractivity contribution in [1.82, 2.24) is 15.0 Å². The Bertz CT molecular complexity index is 649. The van der Waals surface area contributed by atoms with E-state index in [2.05, 4.69) is 43.0 Å². The van der Waals surface area contributed by atoms with Crippen molar-refractivity contribution in [2.24, 2.45) is 5.92 Å². The summed E-state index contributed by atoms with van der Waals surface area (Å²) in [5.74, 6) is 0.680. The van der Waals surface area contributed by atoms with Crippen molar-refractivity contribution in [3.8, 4) is 0 Å². The van der Waals surface area contributed by atoms with Gasteiger partial charge >= 0.3 is 0 Å². The number of hydrogen-bond acceptors (Lipinski definition) is 4. The quantitative estimate of drug-likeness (QED) is 0.847. The van der Waals surface area contributed by atoms with Crippen molar-refractivity contribution in [1.29, 1.82) is 0 Å². The number of benzene rings is 1. The van der Waals surface area contributed by atoms with E-state index in [0.29, 0.717) is 18.4 Å². The molecule has 2 rings (SSSR count). The Hall–Kier alpha value is -2.17. The second-order valence-electron chi connectivity index (χ2n) is 6.02. The smallest absolute Gasteiger partial charge is 0.295 e. The molecule has 0 spiro atoms. The topological polar surface area (TPSA) is 59.2 Å². The highest BCUT2D eigenvalue weighted by atomic mass is 16.5. The molecular weight excluding hydrogens is 278 g/mol. The average Bonchev–Trinajstić information content (AvgIpc) is 2.90. The molecule has 1 aromatic carbocycles. The van der Waals surface area contributed by atoms with Crippen molar-refractivity contribution < 1.29 is 9.32 Å². The molecule has 0 N–H and O–H groups in total. The van der Waals surface area contributed by atoms with E-state index in [1.165, 1.54) is 5.56 Å². The van der Waals surface area contributed by atoms with Gasteiger partial charge in [0.1, 0.15) is 0 Å². The predicted molar refractivity (Wildman–Crippen MR) is 84.5 cm³/mol. The summed E-state index contributed by atoms with van der Waals surface area (Å²) in [7, 11) is 0. The van der Waals surface area contributed by atoms with E-state index in [1.807, 2.05) is 24.0 Å².